The Kier molecular flexibility index (Phi) is 33.4. The summed E-state index contributed by atoms with van der Waals surface area (Å²) in [5, 5.41) is 0. The molecule has 0 radical (unpaired) electrons. The van der Waals surface area contributed by atoms with Gasteiger partial charge in [-0.15, -0.1) is 0 Å². The Morgan fingerprint density at radius 2 is 1.06 bits per heavy atom. The third-order valence-corrected chi connectivity index (χ3v) is 6.05. The van der Waals surface area contributed by atoms with E-state index in [1.54, 1.807) is 6.92 Å². The third kappa shape index (κ3) is 40.5. The number of allylic oxidation sites excluding steroid dienone is 2. The summed E-state index contributed by atoms with van der Waals surface area (Å²) in [4.78, 5) is 10.6. The maximum Gasteiger partial charge on any atom is 1.00 e. The van der Waals surface area contributed by atoms with E-state index in [4.69, 9.17) is 5.73 Å². The average molecular weight is 484 g/mol. The van der Waals surface area contributed by atoms with Gasteiger partial charge in [0.2, 0.25) is 5.91 Å². The van der Waals surface area contributed by atoms with Crippen molar-refractivity contribution >= 4 is 16.0 Å². The molecule has 0 atom stereocenters. The van der Waals surface area contributed by atoms with Gasteiger partial charge in [-0.25, -0.2) is 8.42 Å². The first-order valence-electron chi connectivity index (χ1n) is 12.7. The molecule has 0 aliphatic rings. The molecule has 2 N–H and O–H groups in total. The fraction of sp³-hybridized carbons (Fsp3) is 0.880. The predicted molar refractivity (Wildman–Crippen MR) is 132 cm³/mol. The Balaban J connectivity index is -0.000000903. The Hall–Kier alpha value is 0.120. The second-order valence-electron chi connectivity index (χ2n) is 8.48. The zero-order valence-electron chi connectivity index (χ0n) is 21.4. The maximum absolute atomic E-state index is 10.6. The standard InChI is InChI=1S/C22H43NO.C3H8O3S.Na/c1-2-3-4-5-6-7-8-9-10-11-12-13-14-15-16-17-18-19-20-21-22(23)24;1-2-3-7(4,5)6;/h9-10H,2-8,11-21H2,1H3,(H2,23,24);2-3H2,1H3,(H,4,5,6);/q;;+1/p-1/b10-9-;;. The molecule has 0 saturated heterocycles. The summed E-state index contributed by atoms with van der Waals surface area (Å²) in [6, 6.07) is 0. The molecular formula is C25H50NNaO4S. The number of hydrogen-bond acceptors (Lipinski definition) is 4. The number of carbonyl (C=O) groups is 1. The first-order valence-corrected chi connectivity index (χ1v) is 14.3. The number of unbranched alkanes of at least 4 members (excludes halogenated alkanes) is 15. The first-order chi connectivity index (χ1) is 14.8. The van der Waals surface area contributed by atoms with Crippen molar-refractivity contribution < 1.29 is 47.3 Å². The molecule has 32 heavy (non-hydrogen) atoms. The van der Waals surface area contributed by atoms with Crippen LogP contribution in [0.4, 0.5) is 0 Å². The molecule has 0 saturated carbocycles. The number of amides is 1. The zero-order chi connectivity index (χ0) is 23.6. The summed E-state index contributed by atoms with van der Waals surface area (Å²) in [6.45, 7) is 3.92. The van der Waals surface area contributed by atoms with Crippen LogP contribution in [0, 0.1) is 0 Å². The van der Waals surface area contributed by atoms with Gasteiger partial charge in [-0.1, -0.05) is 103 Å². The minimum Gasteiger partial charge on any atom is -0.748 e. The summed E-state index contributed by atoms with van der Waals surface area (Å²) in [7, 11) is -3.92. The van der Waals surface area contributed by atoms with E-state index in [0.29, 0.717) is 12.8 Å². The monoisotopic (exact) mass is 483 g/mol. The Labute approximate surface area is 221 Å². The molecule has 0 aliphatic heterocycles. The van der Waals surface area contributed by atoms with E-state index in [-0.39, 0.29) is 41.2 Å². The van der Waals surface area contributed by atoms with Crippen LogP contribution in [0.3, 0.4) is 0 Å². The predicted octanol–water partition coefficient (Wildman–Crippen LogP) is 4.02. The van der Waals surface area contributed by atoms with E-state index in [9.17, 15) is 17.8 Å². The number of primary amides is 1. The van der Waals surface area contributed by atoms with E-state index < -0.39 is 10.1 Å². The molecule has 0 rings (SSSR count). The van der Waals surface area contributed by atoms with Crippen LogP contribution in [0.5, 0.6) is 0 Å². The van der Waals surface area contributed by atoms with Crippen molar-refractivity contribution in [3.05, 3.63) is 12.2 Å². The molecule has 0 unspecified atom stereocenters. The Morgan fingerprint density at radius 3 is 1.38 bits per heavy atom. The van der Waals surface area contributed by atoms with Gasteiger partial charge in [0, 0.05) is 12.2 Å². The molecule has 186 valence electrons. The second-order valence-corrected chi connectivity index (χ2v) is 10.0. The van der Waals surface area contributed by atoms with Gasteiger partial charge in [0.25, 0.3) is 0 Å². The van der Waals surface area contributed by atoms with Crippen LogP contribution in [0.15, 0.2) is 12.2 Å². The molecule has 0 heterocycles. The van der Waals surface area contributed by atoms with Crippen LogP contribution >= 0.6 is 0 Å². The van der Waals surface area contributed by atoms with Crippen LogP contribution in [-0.2, 0) is 14.9 Å². The fourth-order valence-electron chi connectivity index (χ4n) is 3.33. The summed E-state index contributed by atoms with van der Waals surface area (Å²) in [6.07, 6.45) is 28.2. The SMILES string of the molecule is CCCCCCCC/C=C\CCCCCCCCCCCC(N)=O.CCCS(=O)(=O)[O-].[Na+]. The van der Waals surface area contributed by atoms with Gasteiger partial charge in [-0.3, -0.25) is 4.79 Å². The molecule has 0 aromatic carbocycles. The molecule has 0 aromatic rings. The Morgan fingerprint density at radius 1 is 0.688 bits per heavy atom. The van der Waals surface area contributed by atoms with Gasteiger partial charge in [-0.2, -0.15) is 0 Å². The summed E-state index contributed by atoms with van der Waals surface area (Å²) >= 11 is 0. The van der Waals surface area contributed by atoms with Crippen molar-refractivity contribution in [2.45, 2.75) is 136 Å². The molecule has 0 fully saturated rings. The van der Waals surface area contributed by atoms with Crippen LogP contribution in [-0.4, -0.2) is 24.6 Å². The van der Waals surface area contributed by atoms with E-state index in [2.05, 4.69) is 19.1 Å². The van der Waals surface area contributed by atoms with Gasteiger partial charge >= 0.3 is 29.6 Å². The van der Waals surface area contributed by atoms with Crippen molar-refractivity contribution in [1.82, 2.24) is 0 Å². The summed E-state index contributed by atoms with van der Waals surface area (Å²) < 4.78 is 29.0. The third-order valence-electron chi connectivity index (χ3n) is 5.14. The van der Waals surface area contributed by atoms with Gasteiger partial charge in [0.15, 0.2) is 0 Å². The molecule has 0 aromatic heterocycles. The van der Waals surface area contributed by atoms with Crippen LogP contribution < -0.4 is 35.3 Å². The molecule has 0 bridgehead atoms. The van der Waals surface area contributed by atoms with Crippen molar-refractivity contribution in [1.29, 1.82) is 0 Å². The molecule has 0 spiro atoms. The smallest absolute Gasteiger partial charge is 0.748 e. The molecule has 0 aliphatic carbocycles. The van der Waals surface area contributed by atoms with Gasteiger partial charge in [0.1, 0.15) is 0 Å². The molecular weight excluding hydrogens is 433 g/mol. The number of rotatable bonds is 21. The second kappa shape index (κ2) is 29.2. The summed E-state index contributed by atoms with van der Waals surface area (Å²) in [5.41, 5.74) is 5.13. The van der Waals surface area contributed by atoms with Crippen molar-refractivity contribution in [2.24, 2.45) is 5.73 Å². The fourth-order valence-corrected chi connectivity index (χ4v) is 3.83. The average Bonchev–Trinajstić information content (AvgIpc) is 2.69. The van der Waals surface area contributed by atoms with Crippen LogP contribution in [0.2, 0.25) is 0 Å². The van der Waals surface area contributed by atoms with E-state index >= 15 is 0 Å². The minimum absolute atomic E-state index is 0. The quantitative estimate of drug-likeness (QED) is 0.115. The van der Waals surface area contributed by atoms with E-state index in [0.717, 1.165) is 12.8 Å². The summed E-state index contributed by atoms with van der Waals surface area (Å²) in [5.74, 6) is -0.400. The zero-order valence-corrected chi connectivity index (χ0v) is 24.2. The van der Waals surface area contributed by atoms with Crippen molar-refractivity contribution in [3.63, 3.8) is 0 Å². The molecule has 1 amide bonds. The number of hydrogen-bond donors (Lipinski definition) is 1. The number of carbonyl (C=O) groups excluding carboxylic acids is 1. The largest absolute Gasteiger partial charge is 1.00 e. The molecule has 5 nitrogen and oxygen atoms in total. The van der Waals surface area contributed by atoms with Gasteiger partial charge in [-0.05, 0) is 38.5 Å². The molecule has 7 heteroatoms. The first kappa shape index (κ1) is 36.7. The minimum atomic E-state index is -3.92. The van der Waals surface area contributed by atoms with Crippen molar-refractivity contribution in [2.75, 3.05) is 5.75 Å². The Bertz CT molecular complexity index is 510. The maximum atomic E-state index is 10.6. The van der Waals surface area contributed by atoms with Gasteiger partial charge in [0.05, 0.1) is 10.1 Å². The van der Waals surface area contributed by atoms with Gasteiger partial charge < -0.3 is 10.3 Å². The van der Waals surface area contributed by atoms with Crippen LogP contribution in [0.1, 0.15) is 136 Å². The van der Waals surface area contributed by atoms with E-state index in [1.807, 2.05) is 0 Å². The van der Waals surface area contributed by atoms with E-state index in [1.165, 1.54) is 96.3 Å². The van der Waals surface area contributed by atoms with Crippen molar-refractivity contribution in [3.8, 4) is 0 Å². The number of nitrogens with two attached hydrogens (primary N) is 1. The van der Waals surface area contributed by atoms with Crippen LogP contribution in [0.25, 0.3) is 0 Å². The normalized spacial score (nSPS) is 11.1. The topological polar surface area (TPSA) is 100 Å².